The number of fused-ring (bicyclic) bond motifs is 2. The van der Waals surface area contributed by atoms with E-state index in [9.17, 15) is 4.79 Å². The van der Waals surface area contributed by atoms with E-state index in [1.165, 1.54) is 9.79 Å². The second-order valence-electron chi connectivity index (χ2n) is 5.04. The molecule has 1 aliphatic heterocycles. The molecule has 0 radical (unpaired) electrons. The lowest BCUT2D eigenvalue weighted by Crippen LogP contribution is -2.29. The third-order valence-electron chi connectivity index (χ3n) is 3.52. The number of rotatable bonds is 4. The van der Waals surface area contributed by atoms with E-state index in [1.807, 2.05) is 37.3 Å². The predicted octanol–water partition coefficient (Wildman–Crippen LogP) is 4.47. The maximum absolute atomic E-state index is 11.8. The van der Waals surface area contributed by atoms with Gasteiger partial charge in [0.05, 0.1) is 11.4 Å². The zero-order valence-corrected chi connectivity index (χ0v) is 13.9. The molecular formula is C17H17ClN2OS. The van der Waals surface area contributed by atoms with Crippen molar-refractivity contribution in [2.45, 2.75) is 23.1 Å². The minimum atomic E-state index is 0.0711. The first kappa shape index (κ1) is 15.3. The Morgan fingerprint density at radius 1 is 1.18 bits per heavy atom. The summed E-state index contributed by atoms with van der Waals surface area (Å²) in [4.78, 5) is 16.4. The van der Waals surface area contributed by atoms with Gasteiger partial charge in [0, 0.05) is 34.3 Å². The van der Waals surface area contributed by atoms with Gasteiger partial charge < -0.3 is 10.2 Å². The smallest absolute Gasteiger partial charge is 0.221 e. The van der Waals surface area contributed by atoms with Crippen LogP contribution in [0.5, 0.6) is 0 Å². The molecule has 2 aromatic carbocycles. The largest absolute Gasteiger partial charge is 0.356 e. The van der Waals surface area contributed by atoms with Gasteiger partial charge in [0.2, 0.25) is 5.91 Å². The van der Waals surface area contributed by atoms with Crippen LogP contribution in [0.2, 0.25) is 5.02 Å². The monoisotopic (exact) mass is 332 g/mol. The number of carbonyl (C=O) groups is 1. The number of benzene rings is 2. The van der Waals surface area contributed by atoms with Gasteiger partial charge in [0.25, 0.3) is 0 Å². The van der Waals surface area contributed by atoms with Gasteiger partial charge in [-0.2, -0.15) is 0 Å². The molecule has 0 saturated heterocycles. The molecule has 3 nitrogen and oxygen atoms in total. The van der Waals surface area contributed by atoms with Crippen LogP contribution in [0.1, 0.15) is 13.3 Å². The summed E-state index contributed by atoms with van der Waals surface area (Å²) in [5.74, 6) is 0.0711. The highest BCUT2D eigenvalue weighted by atomic mass is 35.5. The van der Waals surface area contributed by atoms with Crippen LogP contribution in [0.25, 0.3) is 0 Å². The minimum absolute atomic E-state index is 0.0711. The summed E-state index contributed by atoms with van der Waals surface area (Å²) in [6, 6.07) is 14.2. The van der Waals surface area contributed by atoms with Crippen molar-refractivity contribution in [1.29, 1.82) is 0 Å². The first-order chi connectivity index (χ1) is 10.7. The molecule has 3 rings (SSSR count). The van der Waals surface area contributed by atoms with Gasteiger partial charge >= 0.3 is 0 Å². The van der Waals surface area contributed by atoms with Gasteiger partial charge in [-0.1, -0.05) is 35.5 Å². The number of hydrogen-bond acceptors (Lipinski definition) is 3. The van der Waals surface area contributed by atoms with Crippen LogP contribution in [0.3, 0.4) is 0 Å². The zero-order chi connectivity index (χ0) is 15.5. The molecule has 0 spiro atoms. The Morgan fingerprint density at radius 3 is 2.77 bits per heavy atom. The summed E-state index contributed by atoms with van der Waals surface area (Å²) in [5, 5.41) is 3.56. The van der Waals surface area contributed by atoms with Crippen molar-refractivity contribution >= 4 is 40.6 Å². The van der Waals surface area contributed by atoms with E-state index in [0.717, 1.165) is 11.4 Å². The van der Waals surface area contributed by atoms with E-state index < -0.39 is 0 Å². The number of carbonyl (C=O) groups excluding carboxylic acids is 1. The van der Waals surface area contributed by atoms with Crippen LogP contribution in [-0.4, -0.2) is 19.0 Å². The maximum atomic E-state index is 11.8. The fraction of sp³-hybridized carbons (Fsp3) is 0.235. The molecule has 2 aromatic rings. The average molecular weight is 333 g/mol. The molecule has 0 bridgehead atoms. The highest BCUT2D eigenvalue weighted by molar-refractivity contribution is 7.99. The van der Waals surface area contributed by atoms with Gasteiger partial charge in [-0.25, -0.2) is 0 Å². The van der Waals surface area contributed by atoms with Crippen LogP contribution in [0.4, 0.5) is 11.4 Å². The second-order valence-corrected chi connectivity index (χ2v) is 6.56. The fourth-order valence-corrected chi connectivity index (χ4v) is 3.78. The van der Waals surface area contributed by atoms with Gasteiger partial charge in [0.15, 0.2) is 0 Å². The highest BCUT2D eigenvalue weighted by Gasteiger charge is 2.23. The Kier molecular flexibility index (Phi) is 4.60. The molecule has 114 valence electrons. The lowest BCUT2D eigenvalue weighted by Gasteiger charge is -2.32. The predicted molar refractivity (Wildman–Crippen MR) is 92.3 cm³/mol. The molecule has 0 fully saturated rings. The molecule has 1 aliphatic rings. The van der Waals surface area contributed by atoms with Crippen LogP contribution < -0.4 is 10.2 Å². The van der Waals surface area contributed by atoms with Gasteiger partial charge in [-0.15, -0.1) is 0 Å². The van der Waals surface area contributed by atoms with Crippen molar-refractivity contribution < 1.29 is 4.79 Å². The highest BCUT2D eigenvalue weighted by Crippen LogP contribution is 2.48. The minimum Gasteiger partial charge on any atom is -0.356 e. The average Bonchev–Trinajstić information content (AvgIpc) is 2.52. The number of anilines is 2. The number of nitrogens with zero attached hydrogens (tertiary/aromatic N) is 1. The number of nitrogens with one attached hydrogen (secondary N) is 1. The van der Waals surface area contributed by atoms with E-state index in [-0.39, 0.29) is 5.91 Å². The van der Waals surface area contributed by atoms with Gasteiger partial charge in [-0.05, 0) is 37.3 Å². The van der Waals surface area contributed by atoms with E-state index in [4.69, 9.17) is 11.6 Å². The Bertz CT molecular complexity index is 705. The summed E-state index contributed by atoms with van der Waals surface area (Å²) in [5.41, 5.74) is 2.20. The van der Waals surface area contributed by atoms with Gasteiger partial charge in [0.1, 0.15) is 0 Å². The molecule has 0 aromatic heterocycles. The van der Waals surface area contributed by atoms with Crippen molar-refractivity contribution in [3.8, 4) is 0 Å². The lowest BCUT2D eigenvalue weighted by atomic mass is 10.2. The summed E-state index contributed by atoms with van der Waals surface area (Å²) in [6.07, 6.45) is 0.457. The summed E-state index contributed by atoms with van der Waals surface area (Å²) in [7, 11) is 0. The first-order valence-corrected chi connectivity index (χ1v) is 8.49. The molecular weight excluding hydrogens is 316 g/mol. The summed E-state index contributed by atoms with van der Waals surface area (Å²) >= 11 is 7.90. The number of para-hydroxylation sites is 1. The molecule has 0 atom stereocenters. The van der Waals surface area contributed by atoms with Crippen molar-refractivity contribution in [2.24, 2.45) is 0 Å². The van der Waals surface area contributed by atoms with Crippen LogP contribution in [-0.2, 0) is 4.79 Å². The molecule has 1 N–H and O–H groups in total. The van der Waals surface area contributed by atoms with E-state index in [1.54, 1.807) is 11.8 Å². The fourth-order valence-electron chi connectivity index (χ4n) is 2.54. The third kappa shape index (κ3) is 3.08. The van der Waals surface area contributed by atoms with Crippen LogP contribution in [0.15, 0.2) is 52.3 Å². The first-order valence-electron chi connectivity index (χ1n) is 7.29. The maximum Gasteiger partial charge on any atom is 0.221 e. The molecule has 5 heteroatoms. The SMILES string of the molecule is CCNC(=O)CCN1c2ccccc2Sc2ccc(Cl)cc21. The molecule has 22 heavy (non-hydrogen) atoms. The Hall–Kier alpha value is -1.65. The quantitative estimate of drug-likeness (QED) is 0.896. The van der Waals surface area contributed by atoms with E-state index in [0.29, 0.717) is 24.5 Å². The Balaban J connectivity index is 1.93. The molecule has 0 saturated carbocycles. The van der Waals surface area contributed by atoms with Crippen molar-refractivity contribution in [3.05, 3.63) is 47.5 Å². The standard InChI is InChI=1S/C17H17ClN2OS/c1-2-19-17(21)9-10-20-13-5-3-4-6-15(13)22-16-8-7-12(18)11-14(16)20/h3-8,11H,2,9-10H2,1H3,(H,19,21). The molecule has 1 amide bonds. The van der Waals surface area contributed by atoms with Crippen LogP contribution >= 0.6 is 23.4 Å². The van der Waals surface area contributed by atoms with E-state index >= 15 is 0 Å². The van der Waals surface area contributed by atoms with Crippen LogP contribution in [0, 0.1) is 0 Å². The molecule has 1 heterocycles. The Morgan fingerprint density at radius 2 is 1.95 bits per heavy atom. The normalized spacial score (nSPS) is 12.5. The Labute approximate surface area is 139 Å². The molecule has 0 aliphatic carbocycles. The second kappa shape index (κ2) is 6.63. The third-order valence-corrected chi connectivity index (χ3v) is 4.89. The topological polar surface area (TPSA) is 32.3 Å². The van der Waals surface area contributed by atoms with Crippen molar-refractivity contribution in [3.63, 3.8) is 0 Å². The summed E-state index contributed by atoms with van der Waals surface area (Å²) in [6.45, 7) is 3.23. The number of hydrogen-bond donors (Lipinski definition) is 1. The van der Waals surface area contributed by atoms with Crippen molar-refractivity contribution in [1.82, 2.24) is 5.32 Å². The molecule has 0 unspecified atom stereocenters. The summed E-state index contributed by atoms with van der Waals surface area (Å²) < 4.78 is 0. The number of amides is 1. The van der Waals surface area contributed by atoms with E-state index in [2.05, 4.69) is 22.3 Å². The number of halogens is 1. The lowest BCUT2D eigenvalue weighted by molar-refractivity contribution is -0.120. The van der Waals surface area contributed by atoms with Gasteiger partial charge in [-0.3, -0.25) is 4.79 Å². The van der Waals surface area contributed by atoms with Crippen molar-refractivity contribution in [2.75, 3.05) is 18.0 Å². The zero-order valence-electron chi connectivity index (χ0n) is 12.3.